The van der Waals surface area contributed by atoms with Crippen molar-refractivity contribution >= 4 is 6.09 Å². The largest absolute Gasteiger partial charge is 0.444 e. The Morgan fingerprint density at radius 3 is 2.38 bits per heavy atom. The van der Waals surface area contributed by atoms with Crippen molar-refractivity contribution in [2.45, 2.75) is 91.2 Å². The van der Waals surface area contributed by atoms with Crippen molar-refractivity contribution in [1.29, 1.82) is 0 Å². The Morgan fingerprint density at radius 2 is 1.88 bits per heavy atom. The summed E-state index contributed by atoms with van der Waals surface area (Å²) in [6, 6.07) is 0.710. The fourth-order valence-corrected chi connectivity index (χ4v) is 4.14. The van der Waals surface area contributed by atoms with E-state index in [-0.39, 0.29) is 6.09 Å². The van der Waals surface area contributed by atoms with Gasteiger partial charge in [-0.05, 0) is 70.6 Å². The second-order valence-electron chi connectivity index (χ2n) is 8.99. The van der Waals surface area contributed by atoms with Crippen molar-refractivity contribution in [3.63, 3.8) is 0 Å². The van der Waals surface area contributed by atoms with E-state index in [0.717, 1.165) is 38.4 Å². The molecule has 2 atom stereocenters. The third-order valence-electron chi connectivity index (χ3n) is 6.11. The molecule has 1 heterocycles. The van der Waals surface area contributed by atoms with E-state index >= 15 is 0 Å². The lowest BCUT2D eigenvalue weighted by Gasteiger charge is -2.42. The smallest absolute Gasteiger partial charge is 0.410 e. The van der Waals surface area contributed by atoms with Crippen LogP contribution in [0.3, 0.4) is 0 Å². The van der Waals surface area contributed by atoms with Crippen LogP contribution in [0.4, 0.5) is 4.79 Å². The van der Waals surface area contributed by atoms with Crippen LogP contribution >= 0.6 is 0 Å². The lowest BCUT2D eigenvalue weighted by Crippen LogP contribution is -2.49. The summed E-state index contributed by atoms with van der Waals surface area (Å²) in [7, 11) is 0. The van der Waals surface area contributed by atoms with Crippen LogP contribution in [0, 0.1) is 11.3 Å². The number of amides is 1. The van der Waals surface area contributed by atoms with Crippen molar-refractivity contribution in [3.05, 3.63) is 0 Å². The van der Waals surface area contributed by atoms with Gasteiger partial charge in [-0.1, -0.05) is 20.3 Å². The number of carbonyl (C=O) groups is 1. The minimum Gasteiger partial charge on any atom is -0.444 e. The van der Waals surface area contributed by atoms with Gasteiger partial charge in [-0.15, -0.1) is 0 Å². The fourth-order valence-electron chi connectivity index (χ4n) is 4.14. The molecular weight excluding hydrogens is 300 g/mol. The van der Waals surface area contributed by atoms with Crippen molar-refractivity contribution in [2.24, 2.45) is 11.3 Å². The third kappa shape index (κ3) is 5.37. The van der Waals surface area contributed by atoms with Gasteiger partial charge in [-0.2, -0.15) is 0 Å². The molecule has 1 aliphatic carbocycles. The summed E-state index contributed by atoms with van der Waals surface area (Å²) in [4.78, 5) is 14.1. The van der Waals surface area contributed by atoms with Crippen molar-refractivity contribution < 1.29 is 9.53 Å². The van der Waals surface area contributed by atoms with E-state index in [4.69, 9.17) is 4.74 Å². The molecule has 4 heteroatoms. The van der Waals surface area contributed by atoms with Crippen LogP contribution in [-0.4, -0.2) is 42.3 Å². The maximum absolute atomic E-state index is 12.2. The second kappa shape index (κ2) is 8.07. The Bertz CT molecular complexity index is 408. The molecule has 1 saturated heterocycles. The number of ether oxygens (including phenoxy) is 1. The number of rotatable bonds is 5. The maximum atomic E-state index is 12.2. The first kappa shape index (κ1) is 19.6. The molecule has 140 valence electrons. The number of nitrogens with zero attached hydrogens (tertiary/aromatic N) is 1. The average molecular weight is 339 g/mol. The first-order valence-electron chi connectivity index (χ1n) is 9.98. The third-order valence-corrected chi connectivity index (χ3v) is 6.11. The number of hydrogen-bond donors (Lipinski definition) is 1. The van der Waals surface area contributed by atoms with Crippen LogP contribution in [-0.2, 0) is 4.74 Å². The molecule has 0 aromatic heterocycles. The molecule has 2 unspecified atom stereocenters. The molecule has 0 spiro atoms. The lowest BCUT2D eigenvalue weighted by atomic mass is 9.76. The van der Waals surface area contributed by atoms with Crippen molar-refractivity contribution in [3.8, 4) is 0 Å². The van der Waals surface area contributed by atoms with E-state index in [0.29, 0.717) is 11.5 Å². The summed E-state index contributed by atoms with van der Waals surface area (Å²) >= 11 is 0. The quantitative estimate of drug-likeness (QED) is 0.797. The van der Waals surface area contributed by atoms with Crippen LogP contribution in [0.25, 0.3) is 0 Å². The van der Waals surface area contributed by atoms with Gasteiger partial charge in [-0.25, -0.2) is 4.79 Å². The maximum Gasteiger partial charge on any atom is 0.410 e. The van der Waals surface area contributed by atoms with Crippen molar-refractivity contribution in [2.75, 3.05) is 19.6 Å². The van der Waals surface area contributed by atoms with Gasteiger partial charge in [0.15, 0.2) is 0 Å². The highest BCUT2D eigenvalue weighted by Gasteiger charge is 2.36. The topological polar surface area (TPSA) is 41.6 Å². The van der Waals surface area contributed by atoms with Gasteiger partial charge in [0.05, 0.1) is 0 Å². The summed E-state index contributed by atoms with van der Waals surface area (Å²) in [5.74, 6) is 0.925. The molecule has 1 N–H and O–H groups in total. The molecule has 2 fully saturated rings. The normalized spacial score (nSPS) is 27.3. The number of carbonyl (C=O) groups excluding carboxylic acids is 1. The predicted molar refractivity (Wildman–Crippen MR) is 99.2 cm³/mol. The first-order chi connectivity index (χ1) is 11.3. The van der Waals surface area contributed by atoms with E-state index < -0.39 is 5.60 Å². The number of hydrogen-bond acceptors (Lipinski definition) is 3. The van der Waals surface area contributed by atoms with Crippen LogP contribution in [0.15, 0.2) is 0 Å². The second-order valence-corrected chi connectivity index (χ2v) is 8.99. The summed E-state index contributed by atoms with van der Waals surface area (Å²) in [6.07, 6.45) is 8.59. The van der Waals surface area contributed by atoms with Gasteiger partial charge in [0.25, 0.3) is 0 Å². The molecule has 2 rings (SSSR count). The van der Waals surface area contributed by atoms with Gasteiger partial charge in [-0.3, -0.25) is 0 Å². The monoisotopic (exact) mass is 338 g/mol. The summed E-state index contributed by atoms with van der Waals surface area (Å²) in [5, 5.41) is 3.85. The standard InChI is InChI=1S/C20H38N2O2/c1-6-16-8-9-17(14-16)21-15-20(7-2)10-12-22(13-11-20)18(23)24-19(3,4)5/h16-17,21H,6-15H2,1-5H3. The molecular formula is C20H38N2O2. The summed E-state index contributed by atoms with van der Waals surface area (Å²) < 4.78 is 5.52. The summed E-state index contributed by atoms with van der Waals surface area (Å²) in [5.41, 5.74) is -0.0565. The molecule has 1 saturated carbocycles. The minimum absolute atomic E-state index is 0.151. The van der Waals surface area contributed by atoms with Gasteiger partial charge in [0.2, 0.25) is 0 Å². The van der Waals surface area contributed by atoms with Crippen LogP contribution in [0.5, 0.6) is 0 Å². The molecule has 4 nitrogen and oxygen atoms in total. The van der Waals surface area contributed by atoms with E-state index in [1.165, 1.54) is 32.1 Å². The highest BCUT2D eigenvalue weighted by Crippen LogP contribution is 2.36. The van der Waals surface area contributed by atoms with Gasteiger partial charge >= 0.3 is 6.09 Å². The van der Waals surface area contributed by atoms with E-state index in [1.807, 2.05) is 25.7 Å². The average Bonchev–Trinajstić information content (AvgIpc) is 3.00. The molecule has 0 radical (unpaired) electrons. The van der Waals surface area contributed by atoms with E-state index in [1.54, 1.807) is 0 Å². The van der Waals surface area contributed by atoms with Gasteiger partial charge in [0.1, 0.15) is 5.60 Å². The van der Waals surface area contributed by atoms with E-state index in [9.17, 15) is 4.79 Å². The minimum atomic E-state index is -0.407. The molecule has 1 aliphatic heterocycles. The number of piperidine rings is 1. The molecule has 2 aliphatic rings. The highest BCUT2D eigenvalue weighted by molar-refractivity contribution is 5.68. The predicted octanol–water partition coefficient (Wildman–Crippen LogP) is 4.58. The summed E-state index contributed by atoms with van der Waals surface area (Å²) in [6.45, 7) is 13.2. The van der Waals surface area contributed by atoms with Crippen LogP contribution < -0.4 is 5.32 Å². The number of nitrogens with one attached hydrogen (secondary N) is 1. The van der Waals surface area contributed by atoms with Gasteiger partial charge < -0.3 is 15.0 Å². The Hall–Kier alpha value is -0.770. The van der Waals surface area contributed by atoms with Crippen molar-refractivity contribution in [1.82, 2.24) is 10.2 Å². The molecule has 0 bridgehead atoms. The zero-order valence-corrected chi connectivity index (χ0v) is 16.5. The zero-order valence-electron chi connectivity index (χ0n) is 16.5. The highest BCUT2D eigenvalue weighted by atomic mass is 16.6. The molecule has 0 aromatic rings. The van der Waals surface area contributed by atoms with Gasteiger partial charge in [0, 0.05) is 25.7 Å². The Balaban J connectivity index is 1.79. The molecule has 1 amide bonds. The van der Waals surface area contributed by atoms with Crippen LogP contribution in [0.1, 0.15) is 79.6 Å². The SMILES string of the molecule is CCC1CCC(NCC2(CC)CCN(C(=O)OC(C)(C)C)CC2)C1. The first-order valence-corrected chi connectivity index (χ1v) is 9.98. The molecule has 24 heavy (non-hydrogen) atoms. The number of likely N-dealkylation sites (tertiary alicyclic amines) is 1. The zero-order chi connectivity index (χ0) is 17.8. The Kier molecular flexibility index (Phi) is 6.58. The van der Waals surface area contributed by atoms with E-state index in [2.05, 4.69) is 19.2 Å². The lowest BCUT2D eigenvalue weighted by molar-refractivity contribution is 0.00913. The molecule has 0 aromatic carbocycles. The Labute approximate surface area is 148 Å². The Morgan fingerprint density at radius 1 is 1.21 bits per heavy atom. The fraction of sp³-hybridized carbons (Fsp3) is 0.950. The van der Waals surface area contributed by atoms with Crippen LogP contribution in [0.2, 0.25) is 0 Å².